The minimum atomic E-state index is -0.341. The van der Waals surface area contributed by atoms with Gasteiger partial charge in [-0.2, -0.15) is 0 Å². The van der Waals surface area contributed by atoms with Crippen molar-refractivity contribution in [3.63, 3.8) is 0 Å². The predicted molar refractivity (Wildman–Crippen MR) is 52.4 cm³/mol. The zero-order chi connectivity index (χ0) is 10.2. The Morgan fingerprint density at radius 1 is 1.57 bits per heavy atom. The number of methoxy groups -OCH3 is 1. The molecule has 3 nitrogen and oxygen atoms in total. The molecule has 0 radical (unpaired) electrons. The van der Waals surface area contributed by atoms with Crippen LogP contribution in [0, 0.1) is 0 Å². The van der Waals surface area contributed by atoms with Crippen molar-refractivity contribution >= 4 is 5.78 Å². The van der Waals surface area contributed by atoms with E-state index in [9.17, 15) is 4.79 Å². The summed E-state index contributed by atoms with van der Waals surface area (Å²) in [4.78, 5) is 15.8. The topological polar surface area (TPSA) is 39.2 Å². The Morgan fingerprint density at radius 2 is 2.29 bits per heavy atom. The highest BCUT2D eigenvalue weighted by atomic mass is 16.5. The van der Waals surface area contributed by atoms with Crippen LogP contribution in [0.2, 0.25) is 0 Å². The number of rotatable bonds is 3. The van der Waals surface area contributed by atoms with Crippen LogP contribution in [0.1, 0.15) is 25.5 Å². The Kier molecular flexibility index (Phi) is 2.02. The summed E-state index contributed by atoms with van der Waals surface area (Å²) in [7, 11) is 1.61. The lowest BCUT2D eigenvalue weighted by molar-refractivity contribution is -0.119. The van der Waals surface area contributed by atoms with Crippen molar-refractivity contribution in [1.29, 1.82) is 0 Å². The number of carbonyl (C=O) groups is 1. The van der Waals surface area contributed by atoms with E-state index in [1.54, 1.807) is 20.2 Å². The Balaban J connectivity index is 2.46. The van der Waals surface area contributed by atoms with Gasteiger partial charge in [-0.1, -0.05) is 0 Å². The molecule has 0 amide bonds. The zero-order valence-corrected chi connectivity index (χ0v) is 8.41. The first-order valence-electron chi connectivity index (χ1n) is 4.71. The summed E-state index contributed by atoms with van der Waals surface area (Å²) in [6.07, 6.45) is 3.51. The Bertz CT molecular complexity index is 369. The lowest BCUT2D eigenvalue weighted by atomic mass is 9.96. The molecule has 2 rings (SSSR count). The molecule has 0 saturated heterocycles. The van der Waals surface area contributed by atoms with Gasteiger partial charge >= 0.3 is 0 Å². The van der Waals surface area contributed by atoms with E-state index in [1.165, 1.54) is 0 Å². The molecule has 14 heavy (non-hydrogen) atoms. The van der Waals surface area contributed by atoms with E-state index in [0.29, 0.717) is 0 Å². The summed E-state index contributed by atoms with van der Waals surface area (Å²) in [5.41, 5.74) is 0.460. The number of hydrogen-bond acceptors (Lipinski definition) is 3. The number of hydrogen-bond donors (Lipinski definition) is 0. The number of aromatic nitrogens is 1. The maximum Gasteiger partial charge on any atom is 0.142 e. The number of nitrogens with zero attached hydrogens (tertiary/aromatic N) is 1. The lowest BCUT2D eigenvalue weighted by Crippen LogP contribution is -2.19. The van der Waals surface area contributed by atoms with Crippen molar-refractivity contribution in [2.45, 2.75) is 25.2 Å². The maximum absolute atomic E-state index is 11.5. The minimum absolute atomic E-state index is 0.189. The van der Waals surface area contributed by atoms with E-state index >= 15 is 0 Å². The summed E-state index contributed by atoms with van der Waals surface area (Å²) in [6.45, 7) is 1.63. The summed E-state index contributed by atoms with van der Waals surface area (Å²) < 4.78 is 5.21. The minimum Gasteiger partial charge on any atom is -0.495 e. The first kappa shape index (κ1) is 9.19. The summed E-state index contributed by atoms with van der Waals surface area (Å²) in [6, 6.07) is 3.67. The smallest absolute Gasteiger partial charge is 0.142 e. The molecule has 1 saturated carbocycles. The van der Waals surface area contributed by atoms with Gasteiger partial charge in [-0.3, -0.25) is 9.78 Å². The fourth-order valence-electron chi connectivity index (χ4n) is 1.80. The number of Topliss-reactive ketones (excluding diaryl/α,β-unsaturated/α-hetero) is 1. The van der Waals surface area contributed by atoms with Gasteiger partial charge in [-0.15, -0.1) is 0 Å². The number of ether oxygens (including phenoxy) is 1. The molecule has 3 heteroatoms. The molecule has 0 N–H and O–H groups in total. The van der Waals surface area contributed by atoms with Gasteiger partial charge in [0.05, 0.1) is 18.2 Å². The van der Waals surface area contributed by atoms with Crippen molar-refractivity contribution < 1.29 is 9.53 Å². The molecular weight excluding hydrogens is 178 g/mol. The predicted octanol–water partition coefficient (Wildman–Crippen LogP) is 1.71. The van der Waals surface area contributed by atoms with E-state index in [4.69, 9.17) is 4.74 Å². The second-order valence-corrected chi connectivity index (χ2v) is 3.69. The maximum atomic E-state index is 11.5. The molecule has 0 aromatic carbocycles. The molecule has 1 fully saturated rings. The largest absolute Gasteiger partial charge is 0.495 e. The van der Waals surface area contributed by atoms with Gasteiger partial charge in [0.15, 0.2) is 0 Å². The molecule has 74 valence electrons. The lowest BCUT2D eigenvalue weighted by Gasteiger charge is -2.13. The van der Waals surface area contributed by atoms with Gasteiger partial charge < -0.3 is 4.74 Å². The van der Waals surface area contributed by atoms with Crippen LogP contribution in [0.5, 0.6) is 5.75 Å². The van der Waals surface area contributed by atoms with Gasteiger partial charge in [-0.05, 0) is 31.9 Å². The molecule has 0 spiro atoms. The van der Waals surface area contributed by atoms with Crippen molar-refractivity contribution in [2.75, 3.05) is 7.11 Å². The van der Waals surface area contributed by atoms with Crippen LogP contribution in [-0.4, -0.2) is 17.9 Å². The van der Waals surface area contributed by atoms with E-state index in [0.717, 1.165) is 24.3 Å². The van der Waals surface area contributed by atoms with E-state index in [1.807, 2.05) is 12.1 Å². The molecule has 1 aromatic heterocycles. The summed E-state index contributed by atoms with van der Waals surface area (Å²) in [5.74, 6) is 0.912. The number of ketones is 1. The highest BCUT2D eigenvalue weighted by Gasteiger charge is 2.51. The fraction of sp³-hybridized carbons (Fsp3) is 0.455. The van der Waals surface area contributed by atoms with Crippen LogP contribution >= 0.6 is 0 Å². The molecule has 0 atom stereocenters. The Morgan fingerprint density at radius 3 is 2.79 bits per heavy atom. The normalized spacial score (nSPS) is 17.6. The molecule has 0 bridgehead atoms. The van der Waals surface area contributed by atoms with Crippen LogP contribution < -0.4 is 4.74 Å². The molecule has 0 unspecified atom stereocenters. The Labute approximate surface area is 83.1 Å². The summed E-state index contributed by atoms with van der Waals surface area (Å²) in [5, 5.41) is 0. The number of pyridine rings is 1. The first-order chi connectivity index (χ1) is 6.70. The fourth-order valence-corrected chi connectivity index (χ4v) is 1.80. The average molecular weight is 191 g/mol. The number of carbonyl (C=O) groups excluding carboxylic acids is 1. The molecule has 0 aliphatic heterocycles. The average Bonchev–Trinajstić information content (AvgIpc) is 2.98. The second kappa shape index (κ2) is 3.08. The second-order valence-electron chi connectivity index (χ2n) is 3.69. The van der Waals surface area contributed by atoms with Crippen LogP contribution in [0.25, 0.3) is 0 Å². The molecule has 1 aliphatic carbocycles. The molecule has 1 aliphatic rings. The van der Waals surface area contributed by atoms with E-state index in [2.05, 4.69) is 4.98 Å². The third kappa shape index (κ3) is 1.20. The van der Waals surface area contributed by atoms with Crippen LogP contribution in [0.4, 0.5) is 0 Å². The quantitative estimate of drug-likeness (QED) is 0.730. The van der Waals surface area contributed by atoms with Crippen molar-refractivity contribution in [3.8, 4) is 5.75 Å². The van der Waals surface area contributed by atoms with Crippen LogP contribution in [0.3, 0.4) is 0 Å². The van der Waals surface area contributed by atoms with Gasteiger partial charge in [0.1, 0.15) is 11.5 Å². The van der Waals surface area contributed by atoms with Crippen molar-refractivity contribution in [1.82, 2.24) is 4.98 Å². The van der Waals surface area contributed by atoms with Gasteiger partial charge in [0.2, 0.25) is 0 Å². The third-order valence-electron chi connectivity index (χ3n) is 2.87. The SMILES string of the molecule is COc1cccnc1C1(C(C)=O)CC1. The highest BCUT2D eigenvalue weighted by molar-refractivity contribution is 5.91. The summed E-state index contributed by atoms with van der Waals surface area (Å²) >= 11 is 0. The van der Waals surface area contributed by atoms with Crippen LogP contribution in [-0.2, 0) is 10.2 Å². The standard InChI is InChI=1S/C11H13NO2/c1-8(13)11(5-6-11)10-9(14-2)4-3-7-12-10/h3-4,7H,5-6H2,1-2H3. The van der Waals surface area contributed by atoms with Crippen molar-refractivity contribution in [2.24, 2.45) is 0 Å². The molecular formula is C11H13NO2. The van der Waals surface area contributed by atoms with Crippen molar-refractivity contribution in [3.05, 3.63) is 24.0 Å². The first-order valence-corrected chi connectivity index (χ1v) is 4.71. The van der Waals surface area contributed by atoms with Gasteiger partial charge in [0.25, 0.3) is 0 Å². The van der Waals surface area contributed by atoms with Gasteiger partial charge in [0, 0.05) is 6.20 Å². The van der Waals surface area contributed by atoms with E-state index < -0.39 is 0 Å². The molecule has 1 heterocycles. The van der Waals surface area contributed by atoms with Crippen LogP contribution in [0.15, 0.2) is 18.3 Å². The zero-order valence-electron chi connectivity index (χ0n) is 8.41. The highest BCUT2D eigenvalue weighted by Crippen LogP contribution is 2.50. The third-order valence-corrected chi connectivity index (χ3v) is 2.87. The van der Waals surface area contributed by atoms with E-state index in [-0.39, 0.29) is 11.2 Å². The van der Waals surface area contributed by atoms with Gasteiger partial charge in [-0.25, -0.2) is 0 Å². The molecule has 1 aromatic rings. The monoisotopic (exact) mass is 191 g/mol. The Hall–Kier alpha value is -1.38.